The van der Waals surface area contributed by atoms with Gasteiger partial charge >= 0.3 is 6.18 Å². The summed E-state index contributed by atoms with van der Waals surface area (Å²) >= 11 is 4.09. The lowest BCUT2D eigenvalue weighted by Crippen LogP contribution is -2.44. The molecular formula is C10H12F3N3S. The van der Waals surface area contributed by atoms with Gasteiger partial charge in [-0.15, -0.1) is 12.6 Å². The van der Waals surface area contributed by atoms with Gasteiger partial charge in [0.1, 0.15) is 5.82 Å². The zero-order valence-corrected chi connectivity index (χ0v) is 9.85. The second kappa shape index (κ2) is 4.73. The van der Waals surface area contributed by atoms with Gasteiger partial charge in [-0.1, -0.05) is 0 Å². The second-order valence-electron chi connectivity index (χ2n) is 3.80. The van der Waals surface area contributed by atoms with Gasteiger partial charge in [0.2, 0.25) is 0 Å². The van der Waals surface area contributed by atoms with Crippen molar-refractivity contribution in [1.82, 2.24) is 10.3 Å². The number of nitrogens with one attached hydrogen (secondary N) is 1. The summed E-state index contributed by atoms with van der Waals surface area (Å²) in [7, 11) is 0. The molecule has 1 N–H and O–H groups in total. The Labute approximate surface area is 102 Å². The zero-order valence-electron chi connectivity index (χ0n) is 8.96. The highest BCUT2D eigenvalue weighted by atomic mass is 32.1. The highest BCUT2D eigenvalue weighted by molar-refractivity contribution is 7.80. The lowest BCUT2D eigenvalue weighted by molar-refractivity contribution is -0.138. The lowest BCUT2D eigenvalue weighted by Gasteiger charge is -2.29. The summed E-state index contributed by atoms with van der Waals surface area (Å²) in [5.74, 6) is 0.517. The van der Waals surface area contributed by atoms with Crippen molar-refractivity contribution < 1.29 is 13.2 Å². The third-order valence-electron chi connectivity index (χ3n) is 2.59. The van der Waals surface area contributed by atoms with Crippen molar-refractivity contribution in [2.45, 2.75) is 11.1 Å². The van der Waals surface area contributed by atoms with Crippen LogP contribution in [0.15, 0.2) is 17.2 Å². The van der Waals surface area contributed by atoms with Crippen LogP contribution in [0.5, 0.6) is 0 Å². The first-order valence-corrected chi connectivity index (χ1v) is 5.65. The summed E-state index contributed by atoms with van der Waals surface area (Å²) in [5, 5.41) is 3.17. The monoisotopic (exact) mass is 263 g/mol. The molecule has 3 nitrogen and oxygen atoms in total. The highest BCUT2D eigenvalue weighted by Gasteiger charge is 2.31. The van der Waals surface area contributed by atoms with E-state index in [-0.39, 0.29) is 4.90 Å². The van der Waals surface area contributed by atoms with Crippen LogP contribution in [-0.2, 0) is 6.18 Å². The SMILES string of the molecule is FC(F)(F)c1cnc(N2CCNCC2)c(S)c1. The fourth-order valence-electron chi connectivity index (χ4n) is 1.72. The van der Waals surface area contributed by atoms with Crippen LogP contribution >= 0.6 is 12.6 Å². The Morgan fingerprint density at radius 1 is 1.29 bits per heavy atom. The molecule has 0 atom stereocenters. The smallest absolute Gasteiger partial charge is 0.353 e. The van der Waals surface area contributed by atoms with Gasteiger partial charge < -0.3 is 10.2 Å². The average Bonchev–Trinajstić information content (AvgIpc) is 2.29. The first-order valence-electron chi connectivity index (χ1n) is 5.20. The average molecular weight is 263 g/mol. The number of aromatic nitrogens is 1. The molecule has 2 heterocycles. The number of piperazine rings is 1. The summed E-state index contributed by atoms with van der Waals surface area (Å²) in [6, 6.07) is 1.02. The number of pyridine rings is 1. The van der Waals surface area contributed by atoms with E-state index in [2.05, 4.69) is 22.9 Å². The Hall–Kier alpha value is -0.950. The number of anilines is 1. The topological polar surface area (TPSA) is 28.2 Å². The van der Waals surface area contributed by atoms with Crippen LogP contribution in [0.3, 0.4) is 0 Å². The Balaban J connectivity index is 2.25. The molecule has 1 aliphatic heterocycles. The number of hydrogen-bond acceptors (Lipinski definition) is 4. The van der Waals surface area contributed by atoms with Crippen LogP contribution in [0.4, 0.5) is 19.0 Å². The maximum absolute atomic E-state index is 12.4. The standard InChI is InChI=1S/C10H12F3N3S/c11-10(12,13)7-5-8(17)9(15-6-7)16-3-1-14-2-4-16/h5-6,14,17H,1-4H2. The molecule has 17 heavy (non-hydrogen) atoms. The molecule has 0 aromatic carbocycles. The minimum atomic E-state index is -4.37. The predicted octanol–water partition coefficient (Wildman–Crippen LogP) is 1.80. The van der Waals surface area contributed by atoms with Gasteiger partial charge in [-0.25, -0.2) is 4.98 Å². The minimum Gasteiger partial charge on any atom is -0.353 e. The van der Waals surface area contributed by atoms with Crippen LogP contribution in [0.25, 0.3) is 0 Å². The van der Waals surface area contributed by atoms with Crippen molar-refractivity contribution in [2.75, 3.05) is 31.1 Å². The van der Waals surface area contributed by atoms with Gasteiger partial charge in [0.25, 0.3) is 0 Å². The van der Waals surface area contributed by atoms with Crippen molar-refractivity contribution in [1.29, 1.82) is 0 Å². The fourth-order valence-corrected chi connectivity index (χ4v) is 2.06. The molecule has 2 rings (SSSR count). The molecule has 94 valence electrons. The predicted molar refractivity (Wildman–Crippen MR) is 61.6 cm³/mol. The molecule has 0 amide bonds. The van der Waals surface area contributed by atoms with E-state index in [0.29, 0.717) is 5.82 Å². The summed E-state index contributed by atoms with van der Waals surface area (Å²) in [6.45, 7) is 3.06. The molecule has 0 bridgehead atoms. The number of halogens is 3. The van der Waals surface area contributed by atoms with Crippen LogP contribution in [0, 0.1) is 0 Å². The molecular weight excluding hydrogens is 251 g/mol. The maximum atomic E-state index is 12.4. The number of rotatable bonds is 1. The third-order valence-corrected chi connectivity index (χ3v) is 2.92. The van der Waals surface area contributed by atoms with Gasteiger partial charge in [-0.2, -0.15) is 13.2 Å². The number of alkyl halides is 3. The van der Waals surface area contributed by atoms with E-state index < -0.39 is 11.7 Å². The Morgan fingerprint density at radius 3 is 2.47 bits per heavy atom. The molecule has 0 radical (unpaired) electrons. The van der Waals surface area contributed by atoms with E-state index in [4.69, 9.17) is 0 Å². The fraction of sp³-hybridized carbons (Fsp3) is 0.500. The number of hydrogen-bond donors (Lipinski definition) is 2. The molecule has 1 saturated heterocycles. The zero-order chi connectivity index (χ0) is 12.5. The Kier molecular flexibility index (Phi) is 3.48. The molecule has 1 fully saturated rings. The van der Waals surface area contributed by atoms with E-state index >= 15 is 0 Å². The van der Waals surface area contributed by atoms with Crippen LogP contribution < -0.4 is 10.2 Å². The lowest BCUT2D eigenvalue weighted by atomic mass is 10.2. The van der Waals surface area contributed by atoms with Gasteiger partial charge in [0.15, 0.2) is 0 Å². The summed E-state index contributed by atoms with van der Waals surface area (Å²) in [5.41, 5.74) is -0.763. The first-order chi connectivity index (χ1) is 7.98. The summed E-state index contributed by atoms with van der Waals surface area (Å²) in [4.78, 5) is 6.07. The summed E-state index contributed by atoms with van der Waals surface area (Å²) < 4.78 is 37.3. The van der Waals surface area contributed by atoms with Gasteiger partial charge in [-0.3, -0.25) is 0 Å². The van der Waals surface area contributed by atoms with Crippen molar-refractivity contribution in [3.8, 4) is 0 Å². The van der Waals surface area contributed by atoms with Crippen LogP contribution in [-0.4, -0.2) is 31.2 Å². The normalized spacial score (nSPS) is 17.3. The van der Waals surface area contributed by atoms with Crippen molar-refractivity contribution in [2.24, 2.45) is 0 Å². The van der Waals surface area contributed by atoms with Crippen LogP contribution in [0.1, 0.15) is 5.56 Å². The highest BCUT2D eigenvalue weighted by Crippen LogP contribution is 2.32. The third kappa shape index (κ3) is 2.84. The van der Waals surface area contributed by atoms with Crippen molar-refractivity contribution in [3.05, 3.63) is 17.8 Å². The quantitative estimate of drug-likeness (QED) is 0.757. The second-order valence-corrected chi connectivity index (χ2v) is 4.28. The molecule has 0 aliphatic carbocycles. The maximum Gasteiger partial charge on any atom is 0.417 e. The Morgan fingerprint density at radius 2 is 1.94 bits per heavy atom. The molecule has 7 heteroatoms. The largest absolute Gasteiger partial charge is 0.417 e. The van der Waals surface area contributed by atoms with Crippen LogP contribution in [0.2, 0.25) is 0 Å². The van der Waals surface area contributed by atoms with Crippen molar-refractivity contribution in [3.63, 3.8) is 0 Å². The van der Waals surface area contributed by atoms with E-state index in [9.17, 15) is 13.2 Å². The first kappa shape index (κ1) is 12.5. The van der Waals surface area contributed by atoms with Crippen molar-refractivity contribution >= 4 is 18.4 Å². The number of nitrogens with zero attached hydrogens (tertiary/aromatic N) is 2. The van der Waals surface area contributed by atoms with E-state index in [1.165, 1.54) is 0 Å². The van der Waals surface area contributed by atoms with Gasteiger partial charge in [-0.05, 0) is 6.07 Å². The number of thiol groups is 1. The van der Waals surface area contributed by atoms with Gasteiger partial charge in [0.05, 0.1) is 5.56 Å². The van der Waals surface area contributed by atoms with E-state index in [1.54, 1.807) is 0 Å². The minimum absolute atomic E-state index is 0.265. The molecule has 0 saturated carbocycles. The molecule has 1 aromatic rings. The molecule has 1 aliphatic rings. The molecule has 0 spiro atoms. The molecule has 1 aromatic heterocycles. The van der Waals surface area contributed by atoms with E-state index in [0.717, 1.165) is 38.4 Å². The van der Waals surface area contributed by atoms with E-state index in [1.807, 2.05) is 4.90 Å². The molecule has 0 unspecified atom stereocenters. The Bertz CT molecular complexity index is 402. The summed E-state index contributed by atoms with van der Waals surface area (Å²) in [6.07, 6.45) is -3.51. The van der Waals surface area contributed by atoms with Gasteiger partial charge in [0, 0.05) is 37.3 Å².